The van der Waals surface area contributed by atoms with Crippen molar-refractivity contribution in [2.75, 3.05) is 23.4 Å². The summed E-state index contributed by atoms with van der Waals surface area (Å²) in [5.74, 6) is 0.639. The predicted octanol–water partition coefficient (Wildman–Crippen LogP) is 3.97. The average molecular weight is 350 g/mol. The number of anilines is 2. The molecular weight excluding hydrogens is 328 g/mol. The van der Waals surface area contributed by atoms with Crippen molar-refractivity contribution in [3.05, 3.63) is 66.2 Å². The van der Waals surface area contributed by atoms with Crippen LogP contribution in [-0.2, 0) is 4.79 Å². The molecule has 1 aliphatic rings. The summed E-state index contributed by atoms with van der Waals surface area (Å²) in [6, 6.07) is 12.9. The molecule has 0 radical (unpaired) electrons. The number of hydrogen-bond donors (Lipinski definition) is 1. The fourth-order valence-electron chi connectivity index (χ4n) is 2.88. The van der Waals surface area contributed by atoms with Gasteiger partial charge >= 0.3 is 0 Å². The van der Waals surface area contributed by atoms with Gasteiger partial charge in [-0.3, -0.25) is 9.59 Å². The molecule has 2 aromatic carbocycles. The largest absolute Gasteiger partial charge is 0.490 e. The molecule has 0 spiro atoms. The van der Waals surface area contributed by atoms with Crippen LogP contribution in [0.2, 0.25) is 0 Å². The summed E-state index contributed by atoms with van der Waals surface area (Å²) in [5.41, 5.74) is 3.01. The molecule has 5 heteroatoms. The zero-order chi connectivity index (χ0) is 18.7. The Morgan fingerprint density at radius 1 is 1.23 bits per heavy atom. The minimum absolute atomic E-state index is 0.120. The van der Waals surface area contributed by atoms with Crippen molar-refractivity contribution in [2.24, 2.45) is 0 Å². The summed E-state index contributed by atoms with van der Waals surface area (Å²) in [5, 5.41) is 2.68. The van der Waals surface area contributed by atoms with Crippen LogP contribution in [-0.4, -0.2) is 25.0 Å². The van der Waals surface area contributed by atoms with E-state index >= 15 is 0 Å². The van der Waals surface area contributed by atoms with Gasteiger partial charge in [0, 0.05) is 11.3 Å². The lowest BCUT2D eigenvalue weighted by molar-refractivity contribution is -0.111. The van der Waals surface area contributed by atoms with Crippen molar-refractivity contribution < 1.29 is 14.3 Å². The molecule has 0 saturated heterocycles. The first-order valence-electron chi connectivity index (χ1n) is 8.61. The summed E-state index contributed by atoms with van der Waals surface area (Å²) in [4.78, 5) is 26.3. The summed E-state index contributed by atoms with van der Waals surface area (Å²) in [7, 11) is 0. The standard InChI is InChI=1S/C21H22N2O3/c1-4-20(24)22-17-7-5-6-16(12-17)21(25)23-10-11-26-19-9-8-15(14(2)3)13-18(19)23/h4-9,12-14H,1,10-11H2,2-3H3,(H,22,24). The smallest absolute Gasteiger partial charge is 0.258 e. The van der Waals surface area contributed by atoms with E-state index in [-0.39, 0.29) is 11.8 Å². The highest BCUT2D eigenvalue weighted by Crippen LogP contribution is 2.35. The number of ether oxygens (including phenoxy) is 1. The highest BCUT2D eigenvalue weighted by Gasteiger charge is 2.25. The Labute approximate surface area is 153 Å². The number of carbonyl (C=O) groups is 2. The van der Waals surface area contributed by atoms with Crippen LogP contribution >= 0.6 is 0 Å². The number of hydrogen-bond acceptors (Lipinski definition) is 3. The van der Waals surface area contributed by atoms with Crippen molar-refractivity contribution >= 4 is 23.2 Å². The van der Waals surface area contributed by atoms with Crippen molar-refractivity contribution in [2.45, 2.75) is 19.8 Å². The Bertz CT molecular complexity index is 858. The lowest BCUT2D eigenvalue weighted by Gasteiger charge is -2.30. The summed E-state index contributed by atoms with van der Waals surface area (Å²) >= 11 is 0. The summed E-state index contributed by atoms with van der Waals surface area (Å²) in [6.45, 7) is 8.60. The van der Waals surface area contributed by atoms with E-state index in [0.29, 0.717) is 36.1 Å². The van der Waals surface area contributed by atoms with Gasteiger partial charge in [0.05, 0.1) is 12.2 Å². The molecule has 2 amide bonds. The van der Waals surface area contributed by atoms with Gasteiger partial charge in [-0.2, -0.15) is 0 Å². The fraction of sp³-hybridized carbons (Fsp3) is 0.238. The number of rotatable bonds is 4. The van der Waals surface area contributed by atoms with E-state index in [4.69, 9.17) is 4.74 Å². The molecule has 0 aromatic heterocycles. The molecule has 26 heavy (non-hydrogen) atoms. The second-order valence-corrected chi connectivity index (χ2v) is 6.46. The molecule has 3 rings (SSSR count). The van der Waals surface area contributed by atoms with E-state index in [1.807, 2.05) is 18.2 Å². The Balaban J connectivity index is 1.92. The highest BCUT2D eigenvalue weighted by atomic mass is 16.5. The van der Waals surface area contributed by atoms with Crippen LogP contribution in [0.1, 0.15) is 35.7 Å². The SMILES string of the molecule is C=CC(=O)Nc1cccc(C(=O)N2CCOc3ccc(C(C)C)cc32)c1. The van der Waals surface area contributed by atoms with Gasteiger partial charge in [0.25, 0.3) is 5.91 Å². The molecule has 2 aromatic rings. The molecule has 0 aliphatic carbocycles. The number of carbonyl (C=O) groups excluding carboxylic acids is 2. The molecule has 1 heterocycles. The van der Waals surface area contributed by atoms with Crippen molar-refractivity contribution in [1.29, 1.82) is 0 Å². The molecule has 1 aliphatic heterocycles. The van der Waals surface area contributed by atoms with Gasteiger partial charge in [-0.05, 0) is 47.9 Å². The van der Waals surface area contributed by atoms with Crippen molar-refractivity contribution in [3.8, 4) is 5.75 Å². The third-order valence-corrected chi connectivity index (χ3v) is 4.32. The van der Waals surface area contributed by atoms with Gasteiger partial charge in [0.15, 0.2) is 0 Å². The van der Waals surface area contributed by atoms with Crippen LogP contribution in [0, 0.1) is 0 Å². The lowest BCUT2D eigenvalue weighted by atomic mass is 10.0. The Morgan fingerprint density at radius 3 is 2.77 bits per heavy atom. The highest BCUT2D eigenvalue weighted by molar-refractivity contribution is 6.08. The first-order chi connectivity index (χ1) is 12.5. The maximum absolute atomic E-state index is 13.1. The second-order valence-electron chi connectivity index (χ2n) is 6.46. The number of nitrogens with zero attached hydrogens (tertiary/aromatic N) is 1. The first-order valence-corrected chi connectivity index (χ1v) is 8.61. The number of nitrogens with one attached hydrogen (secondary N) is 1. The monoisotopic (exact) mass is 350 g/mol. The van der Waals surface area contributed by atoms with E-state index in [1.54, 1.807) is 29.2 Å². The van der Waals surface area contributed by atoms with Gasteiger partial charge in [-0.15, -0.1) is 0 Å². The predicted molar refractivity (Wildman–Crippen MR) is 103 cm³/mol. The van der Waals surface area contributed by atoms with Crippen LogP contribution in [0.25, 0.3) is 0 Å². The molecular formula is C21H22N2O3. The Morgan fingerprint density at radius 2 is 2.04 bits per heavy atom. The zero-order valence-electron chi connectivity index (χ0n) is 15.0. The van der Waals surface area contributed by atoms with E-state index < -0.39 is 0 Å². The maximum Gasteiger partial charge on any atom is 0.258 e. The van der Waals surface area contributed by atoms with Crippen LogP contribution in [0.4, 0.5) is 11.4 Å². The minimum Gasteiger partial charge on any atom is -0.490 e. The average Bonchev–Trinajstić information content (AvgIpc) is 2.66. The molecule has 0 atom stereocenters. The molecule has 0 bridgehead atoms. The molecule has 0 unspecified atom stereocenters. The summed E-state index contributed by atoms with van der Waals surface area (Å²) in [6.07, 6.45) is 1.19. The number of fused-ring (bicyclic) bond motifs is 1. The van der Waals surface area contributed by atoms with E-state index in [1.165, 1.54) is 6.08 Å². The first kappa shape index (κ1) is 17.7. The molecule has 0 saturated carbocycles. The number of benzene rings is 2. The third kappa shape index (κ3) is 3.61. The van der Waals surface area contributed by atoms with Gasteiger partial charge in [0.1, 0.15) is 12.4 Å². The van der Waals surface area contributed by atoms with Crippen LogP contribution in [0.5, 0.6) is 5.75 Å². The van der Waals surface area contributed by atoms with Crippen LogP contribution in [0.3, 0.4) is 0 Å². The molecule has 0 fully saturated rings. The van der Waals surface area contributed by atoms with E-state index in [0.717, 1.165) is 11.3 Å². The van der Waals surface area contributed by atoms with Crippen LogP contribution < -0.4 is 15.0 Å². The minimum atomic E-state index is -0.312. The number of amides is 2. The maximum atomic E-state index is 13.1. The lowest BCUT2D eigenvalue weighted by Crippen LogP contribution is -2.38. The molecule has 5 nitrogen and oxygen atoms in total. The van der Waals surface area contributed by atoms with Gasteiger partial charge in [0.2, 0.25) is 5.91 Å². The van der Waals surface area contributed by atoms with Gasteiger partial charge < -0.3 is 15.0 Å². The van der Waals surface area contributed by atoms with Crippen LogP contribution in [0.15, 0.2) is 55.1 Å². The normalized spacial score (nSPS) is 13.0. The third-order valence-electron chi connectivity index (χ3n) is 4.32. The summed E-state index contributed by atoms with van der Waals surface area (Å²) < 4.78 is 5.70. The second kappa shape index (κ2) is 7.44. The van der Waals surface area contributed by atoms with Crippen molar-refractivity contribution in [3.63, 3.8) is 0 Å². The topological polar surface area (TPSA) is 58.6 Å². The molecule has 1 N–H and O–H groups in total. The quantitative estimate of drug-likeness (QED) is 0.849. The zero-order valence-corrected chi connectivity index (χ0v) is 15.0. The Kier molecular flexibility index (Phi) is 5.07. The fourth-order valence-corrected chi connectivity index (χ4v) is 2.88. The van der Waals surface area contributed by atoms with Crippen molar-refractivity contribution in [1.82, 2.24) is 0 Å². The van der Waals surface area contributed by atoms with E-state index in [9.17, 15) is 9.59 Å². The molecule has 134 valence electrons. The van der Waals surface area contributed by atoms with E-state index in [2.05, 4.69) is 25.7 Å². The Hall–Kier alpha value is -3.08. The van der Waals surface area contributed by atoms with Gasteiger partial charge in [-0.1, -0.05) is 32.6 Å². The van der Waals surface area contributed by atoms with Gasteiger partial charge in [-0.25, -0.2) is 0 Å².